The van der Waals surface area contributed by atoms with Crippen LogP contribution in [0, 0.1) is 0 Å². The predicted molar refractivity (Wildman–Crippen MR) is 39.6 cm³/mol. The fourth-order valence-corrected chi connectivity index (χ4v) is 0.797. The van der Waals surface area contributed by atoms with Gasteiger partial charge in [0.15, 0.2) is 0 Å². The monoisotopic (exact) mass is 138 g/mol. The topological polar surface area (TPSA) is 32.7 Å². The van der Waals surface area contributed by atoms with E-state index in [9.17, 15) is 4.79 Å². The van der Waals surface area contributed by atoms with Crippen LogP contribution < -0.4 is 0 Å². The van der Waals surface area contributed by atoms with Crippen molar-refractivity contribution in [3.8, 4) is 0 Å². The fraction of sp³-hybridized carbons (Fsp3) is 0.429. The lowest BCUT2D eigenvalue weighted by Crippen LogP contribution is -2.28. The van der Waals surface area contributed by atoms with Crippen LogP contribution in [0.1, 0.15) is 13.3 Å². The Balaban J connectivity index is 2.63. The van der Waals surface area contributed by atoms with Gasteiger partial charge in [-0.05, 0) is 6.92 Å². The first-order valence-electron chi connectivity index (χ1n) is 3.22. The smallest absolute Gasteiger partial charge is 0.248 e. The molecule has 0 radical (unpaired) electrons. The summed E-state index contributed by atoms with van der Waals surface area (Å²) < 4.78 is 0. The van der Waals surface area contributed by atoms with E-state index in [0.29, 0.717) is 6.42 Å². The van der Waals surface area contributed by atoms with E-state index in [1.807, 2.05) is 6.92 Å². The number of rotatable bonds is 2. The molecule has 1 aliphatic heterocycles. The standard InChI is InChI=1S/C7H10N2O/c1-3-6(2)9-7(10)4-5-8-9/h3,5-6H,1,4H2,2H3. The first-order chi connectivity index (χ1) is 4.75. The molecule has 0 aliphatic carbocycles. The van der Waals surface area contributed by atoms with E-state index < -0.39 is 0 Å². The van der Waals surface area contributed by atoms with Crippen LogP contribution in [-0.4, -0.2) is 23.2 Å². The minimum absolute atomic E-state index is 0.0197. The molecule has 1 atom stereocenters. The maximum absolute atomic E-state index is 10.9. The Morgan fingerprint density at radius 1 is 2.00 bits per heavy atom. The molecule has 3 nitrogen and oxygen atoms in total. The summed E-state index contributed by atoms with van der Waals surface area (Å²) in [5, 5.41) is 5.31. The normalized spacial score (nSPS) is 19.7. The van der Waals surface area contributed by atoms with Gasteiger partial charge in [0.05, 0.1) is 12.5 Å². The molecule has 1 unspecified atom stereocenters. The zero-order valence-electron chi connectivity index (χ0n) is 5.95. The summed E-state index contributed by atoms with van der Waals surface area (Å²) in [6, 6.07) is 0.0197. The maximum atomic E-state index is 10.9. The lowest BCUT2D eigenvalue weighted by Gasteiger charge is -2.16. The molecular weight excluding hydrogens is 128 g/mol. The summed E-state index contributed by atoms with van der Waals surface area (Å²) in [4.78, 5) is 10.9. The third kappa shape index (κ3) is 1.07. The van der Waals surface area contributed by atoms with Crippen LogP contribution in [0.2, 0.25) is 0 Å². The Morgan fingerprint density at radius 3 is 3.10 bits per heavy atom. The molecular formula is C7H10N2O. The molecule has 0 saturated carbocycles. The van der Waals surface area contributed by atoms with Gasteiger partial charge in [0, 0.05) is 6.21 Å². The average Bonchev–Trinajstić information content (AvgIpc) is 2.34. The molecule has 1 rings (SSSR count). The highest BCUT2D eigenvalue weighted by atomic mass is 16.2. The summed E-state index contributed by atoms with van der Waals surface area (Å²) >= 11 is 0. The van der Waals surface area contributed by atoms with Crippen molar-refractivity contribution >= 4 is 12.1 Å². The third-order valence-corrected chi connectivity index (χ3v) is 1.45. The molecule has 10 heavy (non-hydrogen) atoms. The summed E-state index contributed by atoms with van der Waals surface area (Å²) in [5.41, 5.74) is 0. The SMILES string of the molecule is C=CC(C)N1N=CCC1=O. The second-order valence-corrected chi connectivity index (χ2v) is 2.22. The zero-order chi connectivity index (χ0) is 7.56. The minimum Gasteiger partial charge on any atom is -0.273 e. The molecule has 0 N–H and O–H groups in total. The summed E-state index contributed by atoms with van der Waals surface area (Å²) in [7, 11) is 0. The lowest BCUT2D eigenvalue weighted by molar-refractivity contribution is -0.129. The van der Waals surface area contributed by atoms with E-state index in [0.717, 1.165) is 0 Å². The minimum atomic E-state index is 0.0197. The van der Waals surface area contributed by atoms with Gasteiger partial charge in [0.25, 0.3) is 0 Å². The molecule has 0 bridgehead atoms. The Bertz CT molecular complexity index is 186. The largest absolute Gasteiger partial charge is 0.273 e. The van der Waals surface area contributed by atoms with Gasteiger partial charge in [0.1, 0.15) is 0 Å². The molecule has 0 aromatic heterocycles. The molecule has 0 aromatic rings. The summed E-state index contributed by atoms with van der Waals surface area (Å²) in [5.74, 6) is 0.0485. The first-order valence-corrected chi connectivity index (χ1v) is 3.22. The van der Waals surface area contributed by atoms with Gasteiger partial charge in [-0.2, -0.15) is 5.10 Å². The second-order valence-electron chi connectivity index (χ2n) is 2.22. The van der Waals surface area contributed by atoms with Crippen molar-refractivity contribution in [2.45, 2.75) is 19.4 Å². The maximum Gasteiger partial charge on any atom is 0.248 e. The van der Waals surface area contributed by atoms with Crippen LogP contribution in [0.3, 0.4) is 0 Å². The number of amides is 1. The second kappa shape index (κ2) is 2.64. The highest BCUT2D eigenvalue weighted by Crippen LogP contribution is 2.07. The van der Waals surface area contributed by atoms with Gasteiger partial charge in [0.2, 0.25) is 5.91 Å². The molecule has 0 fully saturated rings. The number of nitrogens with zero attached hydrogens (tertiary/aromatic N) is 2. The number of hydrazone groups is 1. The third-order valence-electron chi connectivity index (χ3n) is 1.45. The highest BCUT2D eigenvalue weighted by molar-refractivity contribution is 5.94. The Kier molecular flexibility index (Phi) is 1.85. The fourth-order valence-electron chi connectivity index (χ4n) is 0.797. The lowest BCUT2D eigenvalue weighted by atomic mass is 10.3. The Labute approximate surface area is 60.0 Å². The van der Waals surface area contributed by atoms with Crippen molar-refractivity contribution in [2.24, 2.45) is 5.10 Å². The van der Waals surface area contributed by atoms with E-state index >= 15 is 0 Å². The van der Waals surface area contributed by atoms with Crippen molar-refractivity contribution < 1.29 is 4.79 Å². The van der Waals surface area contributed by atoms with E-state index in [-0.39, 0.29) is 11.9 Å². The van der Waals surface area contributed by atoms with Gasteiger partial charge in [-0.3, -0.25) is 4.79 Å². The number of carbonyl (C=O) groups is 1. The van der Waals surface area contributed by atoms with Gasteiger partial charge >= 0.3 is 0 Å². The van der Waals surface area contributed by atoms with Crippen molar-refractivity contribution in [3.05, 3.63) is 12.7 Å². The van der Waals surface area contributed by atoms with Gasteiger partial charge < -0.3 is 0 Å². The van der Waals surface area contributed by atoms with Gasteiger partial charge in [-0.25, -0.2) is 5.01 Å². The Hall–Kier alpha value is -1.12. The number of carbonyl (C=O) groups excluding carboxylic acids is 1. The van der Waals surface area contributed by atoms with Crippen LogP contribution in [0.15, 0.2) is 17.8 Å². The molecule has 0 spiro atoms. The molecule has 0 aromatic carbocycles. The van der Waals surface area contributed by atoms with Crippen LogP contribution >= 0.6 is 0 Å². The number of hydrogen-bond donors (Lipinski definition) is 0. The van der Waals surface area contributed by atoms with Crippen molar-refractivity contribution in [3.63, 3.8) is 0 Å². The van der Waals surface area contributed by atoms with Gasteiger partial charge in [-0.15, -0.1) is 6.58 Å². The molecule has 3 heteroatoms. The van der Waals surface area contributed by atoms with Crippen molar-refractivity contribution in [1.29, 1.82) is 0 Å². The van der Waals surface area contributed by atoms with Crippen LogP contribution in [0.5, 0.6) is 0 Å². The van der Waals surface area contributed by atoms with Crippen molar-refractivity contribution in [1.82, 2.24) is 5.01 Å². The molecule has 0 saturated heterocycles. The zero-order valence-corrected chi connectivity index (χ0v) is 5.95. The van der Waals surface area contributed by atoms with Crippen molar-refractivity contribution in [2.75, 3.05) is 0 Å². The molecule has 1 heterocycles. The predicted octanol–water partition coefficient (Wildman–Crippen LogP) is 0.779. The highest BCUT2D eigenvalue weighted by Gasteiger charge is 2.19. The van der Waals surface area contributed by atoms with E-state index in [1.165, 1.54) is 5.01 Å². The van der Waals surface area contributed by atoms with E-state index in [1.54, 1.807) is 12.3 Å². The first kappa shape index (κ1) is 6.99. The quantitative estimate of drug-likeness (QED) is 0.519. The average molecular weight is 138 g/mol. The van der Waals surface area contributed by atoms with E-state index in [4.69, 9.17) is 0 Å². The summed E-state index contributed by atoms with van der Waals surface area (Å²) in [6.07, 6.45) is 3.74. The van der Waals surface area contributed by atoms with E-state index in [2.05, 4.69) is 11.7 Å². The van der Waals surface area contributed by atoms with Crippen LogP contribution in [-0.2, 0) is 4.79 Å². The Morgan fingerprint density at radius 2 is 2.70 bits per heavy atom. The van der Waals surface area contributed by atoms with Crippen LogP contribution in [0.4, 0.5) is 0 Å². The number of hydrogen-bond acceptors (Lipinski definition) is 2. The van der Waals surface area contributed by atoms with Gasteiger partial charge in [-0.1, -0.05) is 6.08 Å². The molecule has 1 amide bonds. The van der Waals surface area contributed by atoms with Crippen LogP contribution in [0.25, 0.3) is 0 Å². The summed E-state index contributed by atoms with van der Waals surface area (Å²) in [6.45, 7) is 5.45. The molecule has 54 valence electrons. The molecule has 1 aliphatic rings.